The van der Waals surface area contributed by atoms with Gasteiger partial charge in [0, 0.05) is 50.0 Å². The fourth-order valence-corrected chi connectivity index (χ4v) is 3.49. The minimum Gasteiger partial charge on any atom is -0.354 e. The van der Waals surface area contributed by atoms with Crippen LogP contribution in [0.1, 0.15) is 26.2 Å². The number of amides is 4. The molecule has 8 nitrogen and oxygen atoms in total. The summed E-state index contributed by atoms with van der Waals surface area (Å²) in [5, 5.41) is 8.41. The standard InChI is InChI=1S/C19H27N5O3/c1-14-3-8-18(26)24(14)16-6-4-15(5-7-16)22-19(27)21-9-2-11-23-12-10-20-17(25)13-23/h4-7,14H,2-3,8-13H2,1H3,(H,20,25)(H2,21,22,27)/t14-/m0/s1. The van der Waals surface area contributed by atoms with E-state index in [1.165, 1.54) is 0 Å². The van der Waals surface area contributed by atoms with Gasteiger partial charge in [0.2, 0.25) is 11.8 Å². The maximum atomic E-state index is 12.0. The maximum Gasteiger partial charge on any atom is 0.319 e. The normalized spacial score (nSPS) is 20.5. The molecule has 0 aliphatic carbocycles. The van der Waals surface area contributed by atoms with Gasteiger partial charge in [-0.25, -0.2) is 4.79 Å². The van der Waals surface area contributed by atoms with E-state index in [-0.39, 0.29) is 23.9 Å². The minimum atomic E-state index is -0.259. The first-order chi connectivity index (χ1) is 13.0. The van der Waals surface area contributed by atoms with Gasteiger partial charge in [0.05, 0.1) is 6.54 Å². The van der Waals surface area contributed by atoms with Crippen molar-refractivity contribution in [3.63, 3.8) is 0 Å². The number of carbonyl (C=O) groups excluding carboxylic acids is 3. The third kappa shape index (κ3) is 5.19. The first-order valence-corrected chi connectivity index (χ1v) is 9.49. The highest BCUT2D eigenvalue weighted by Crippen LogP contribution is 2.27. The van der Waals surface area contributed by atoms with Crippen LogP contribution in [0, 0.1) is 0 Å². The van der Waals surface area contributed by atoms with Crippen molar-refractivity contribution in [1.82, 2.24) is 15.5 Å². The zero-order chi connectivity index (χ0) is 19.2. The zero-order valence-electron chi connectivity index (χ0n) is 15.7. The summed E-state index contributed by atoms with van der Waals surface area (Å²) in [6, 6.07) is 7.28. The van der Waals surface area contributed by atoms with Crippen LogP contribution < -0.4 is 20.9 Å². The third-order valence-corrected chi connectivity index (χ3v) is 4.94. The Kier molecular flexibility index (Phi) is 6.28. The Hall–Kier alpha value is -2.61. The van der Waals surface area contributed by atoms with E-state index >= 15 is 0 Å². The van der Waals surface area contributed by atoms with Crippen molar-refractivity contribution < 1.29 is 14.4 Å². The van der Waals surface area contributed by atoms with Crippen molar-refractivity contribution in [3.05, 3.63) is 24.3 Å². The molecule has 0 spiro atoms. The van der Waals surface area contributed by atoms with Crippen LogP contribution in [0.2, 0.25) is 0 Å². The van der Waals surface area contributed by atoms with E-state index < -0.39 is 0 Å². The van der Waals surface area contributed by atoms with Gasteiger partial charge in [-0.15, -0.1) is 0 Å². The fraction of sp³-hybridized carbons (Fsp3) is 0.526. The van der Waals surface area contributed by atoms with Crippen LogP contribution in [-0.2, 0) is 9.59 Å². The van der Waals surface area contributed by atoms with Crippen molar-refractivity contribution in [3.8, 4) is 0 Å². The average molecular weight is 373 g/mol. The van der Waals surface area contributed by atoms with Crippen molar-refractivity contribution in [2.75, 3.05) is 42.9 Å². The van der Waals surface area contributed by atoms with Gasteiger partial charge in [-0.05, 0) is 44.0 Å². The predicted molar refractivity (Wildman–Crippen MR) is 104 cm³/mol. The van der Waals surface area contributed by atoms with Crippen molar-refractivity contribution >= 4 is 29.2 Å². The number of nitrogens with zero attached hydrogens (tertiary/aromatic N) is 2. The van der Waals surface area contributed by atoms with Gasteiger partial charge in [-0.2, -0.15) is 0 Å². The molecule has 1 atom stereocenters. The van der Waals surface area contributed by atoms with Crippen LogP contribution in [0.4, 0.5) is 16.2 Å². The number of benzene rings is 1. The molecule has 2 fully saturated rings. The quantitative estimate of drug-likeness (QED) is 0.652. The third-order valence-electron chi connectivity index (χ3n) is 4.94. The fourth-order valence-electron chi connectivity index (χ4n) is 3.49. The highest BCUT2D eigenvalue weighted by atomic mass is 16.2. The van der Waals surface area contributed by atoms with Crippen LogP contribution >= 0.6 is 0 Å². The molecule has 0 radical (unpaired) electrons. The van der Waals surface area contributed by atoms with Gasteiger partial charge < -0.3 is 20.9 Å². The number of hydrogen-bond acceptors (Lipinski definition) is 4. The second kappa shape index (κ2) is 8.85. The highest BCUT2D eigenvalue weighted by Gasteiger charge is 2.28. The largest absolute Gasteiger partial charge is 0.354 e. The molecule has 2 saturated heterocycles. The summed E-state index contributed by atoms with van der Waals surface area (Å²) in [5.41, 5.74) is 1.55. The Morgan fingerprint density at radius 3 is 2.70 bits per heavy atom. The molecule has 3 rings (SSSR count). The summed E-state index contributed by atoms with van der Waals surface area (Å²) in [6.45, 7) is 5.33. The van der Waals surface area contributed by atoms with Crippen LogP contribution in [0.25, 0.3) is 0 Å². The molecule has 0 saturated carbocycles. The van der Waals surface area contributed by atoms with E-state index in [9.17, 15) is 14.4 Å². The van der Waals surface area contributed by atoms with Gasteiger partial charge in [-0.1, -0.05) is 0 Å². The molecule has 1 aromatic rings. The molecular weight excluding hydrogens is 346 g/mol. The Morgan fingerprint density at radius 1 is 1.26 bits per heavy atom. The summed E-state index contributed by atoms with van der Waals surface area (Å²) in [5.74, 6) is 0.201. The lowest BCUT2D eigenvalue weighted by molar-refractivity contribution is -0.124. The van der Waals surface area contributed by atoms with Crippen LogP contribution in [0.5, 0.6) is 0 Å². The van der Waals surface area contributed by atoms with Gasteiger partial charge in [-0.3, -0.25) is 14.5 Å². The molecule has 0 unspecified atom stereocenters. The molecule has 2 aliphatic heterocycles. The number of anilines is 2. The lowest BCUT2D eigenvalue weighted by Gasteiger charge is -2.26. The zero-order valence-corrected chi connectivity index (χ0v) is 15.7. The molecule has 0 aromatic heterocycles. The molecule has 2 aliphatic rings. The summed E-state index contributed by atoms with van der Waals surface area (Å²) in [6.07, 6.45) is 2.25. The second-order valence-corrected chi connectivity index (χ2v) is 7.06. The van der Waals surface area contributed by atoms with Gasteiger partial charge in [0.25, 0.3) is 0 Å². The van der Waals surface area contributed by atoms with Crippen LogP contribution in [0.15, 0.2) is 24.3 Å². The molecule has 3 N–H and O–H groups in total. The van der Waals surface area contributed by atoms with Gasteiger partial charge in [0.15, 0.2) is 0 Å². The summed E-state index contributed by atoms with van der Waals surface area (Å²) >= 11 is 0. The van der Waals surface area contributed by atoms with E-state index in [1.54, 1.807) is 12.1 Å². The lowest BCUT2D eigenvalue weighted by Crippen LogP contribution is -2.48. The molecule has 1 aromatic carbocycles. The van der Waals surface area contributed by atoms with Crippen LogP contribution in [0.3, 0.4) is 0 Å². The van der Waals surface area contributed by atoms with Crippen molar-refractivity contribution in [2.24, 2.45) is 0 Å². The van der Waals surface area contributed by atoms with E-state index in [1.807, 2.05) is 24.0 Å². The van der Waals surface area contributed by atoms with Gasteiger partial charge >= 0.3 is 6.03 Å². The van der Waals surface area contributed by atoms with E-state index in [4.69, 9.17) is 0 Å². The van der Waals surface area contributed by atoms with Gasteiger partial charge in [0.1, 0.15) is 0 Å². The molecule has 146 valence electrons. The van der Waals surface area contributed by atoms with E-state index in [0.717, 1.165) is 31.6 Å². The number of carbonyl (C=O) groups is 3. The molecule has 27 heavy (non-hydrogen) atoms. The summed E-state index contributed by atoms with van der Waals surface area (Å²) in [4.78, 5) is 39.1. The number of urea groups is 1. The van der Waals surface area contributed by atoms with Crippen LogP contribution in [-0.4, -0.2) is 61.5 Å². The Labute approximate surface area is 159 Å². The Balaban J connectivity index is 1.39. The first kappa shape index (κ1) is 19.2. The molecule has 0 bridgehead atoms. The number of rotatable bonds is 6. The highest BCUT2D eigenvalue weighted by molar-refractivity contribution is 5.96. The smallest absolute Gasteiger partial charge is 0.319 e. The molecular formula is C19H27N5O3. The molecule has 2 heterocycles. The Morgan fingerprint density at radius 2 is 2.04 bits per heavy atom. The number of hydrogen-bond donors (Lipinski definition) is 3. The average Bonchev–Trinajstić information content (AvgIpc) is 2.98. The minimum absolute atomic E-state index is 0.0559. The Bertz CT molecular complexity index is 691. The van der Waals surface area contributed by atoms with Crippen molar-refractivity contribution in [1.29, 1.82) is 0 Å². The molecule has 4 amide bonds. The maximum absolute atomic E-state index is 12.0. The predicted octanol–water partition coefficient (Wildman–Crippen LogP) is 1.15. The lowest BCUT2D eigenvalue weighted by atomic mass is 10.2. The molecule has 8 heteroatoms. The number of nitrogens with one attached hydrogen (secondary N) is 3. The van der Waals surface area contributed by atoms with E-state index in [0.29, 0.717) is 31.7 Å². The monoisotopic (exact) mass is 373 g/mol. The first-order valence-electron chi connectivity index (χ1n) is 9.49. The van der Waals surface area contributed by atoms with E-state index in [2.05, 4.69) is 20.9 Å². The van der Waals surface area contributed by atoms with Crippen molar-refractivity contribution in [2.45, 2.75) is 32.2 Å². The summed E-state index contributed by atoms with van der Waals surface area (Å²) < 4.78 is 0. The SMILES string of the molecule is C[C@H]1CCC(=O)N1c1ccc(NC(=O)NCCCN2CCNC(=O)C2)cc1. The number of piperazine rings is 1. The second-order valence-electron chi connectivity index (χ2n) is 7.06. The topological polar surface area (TPSA) is 93.8 Å². The summed E-state index contributed by atoms with van der Waals surface area (Å²) in [7, 11) is 0.